The Morgan fingerprint density at radius 3 is 2.29 bits per heavy atom. The molecule has 3 N–H and O–H groups in total. The standard InChI is InChI=1S/C23H48O4Si/c1-18-17-22(26)21(12-10-15-24)20(18)14-13-19(25)11-8-7-9-16-27-28(5,6)23(2,3)4/h18-22,24-26H,7-17H2,1-6H3/t18-,19?,20?,21-,22+/m1/s1. The molecule has 1 fully saturated rings. The van der Waals surface area contributed by atoms with Gasteiger partial charge in [-0.1, -0.05) is 40.5 Å². The van der Waals surface area contributed by atoms with Gasteiger partial charge >= 0.3 is 0 Å². The van der Waals surface area contributed by atoms with Crippen molar-refractivity contribution >= 4 is 8.32 Å². The summed E-state index contributed by atoms with van der Waals surface area (Å²) in [6, 6.07) is 0. The van der Waals surface area contributed by atoms with Gasteiger partial charge in [0, 0.05) is 13.2 Å². The Labute approximate surface area is 175 Å². The maximum atomic E-state index is 10.4. The molecule has 168 valence electrons. The molecule has 0 aromatic carbocycles. The number of rotatable bonds is 13. The minimum absolute atomic E-state index is 0.200. The van der Waals surface area contributed by atoms with E-state index >= 15 is 0 Å². The third kappa shape index (κ3) is 8.43. The first kappa shape index (κ1) is 26.1. The summed E-state index contributed by atoms with van der Waals surface area (Å²) < 4.78 is 6.22. The highest BCUT2D eigenvalue weighted by atomic mass is 28.4. The van der Waals surface area contributed by atoms with Gasteiger partial charge in [0.05, 0.1) is 12.2 Å². The zero-order chi connectivity index (χ0) is 21.4. The maximum Gasteiger partial charge on any atom is 0.191 e. The second-order valence-corrected chi connectivity index (χ2v) is 15.5. The van der Waals surface area contributed by atoms with Crippen LogP contribution in [0.3, 0.4) is 0 Å². The van der Waals surface area contributed by atoms with Crippen molar-refractivity contribution < 1.29 is 19.7 Å². The summed E-state index contributed by atoms with van der Waals surface area (Å²) in [5.74, 6) is 1.29. The maximum absolute atomic E-state index is 10.4. The molecule has 4 nitrogen and oxygen atoms in total. The quantitative estimate of drug-likeness (QED) is 0.288. The van der Waals surface area contributed by atoms with Crippen molar-refractivity contribution in [3.8, 4) is 0 Å². The Balaban J connectivity index is 2.20. The topological polar surface area (TPSA) is 69.9 Å². The predicted octanol–water partition coefficient (Wildman–Crippen LogP) is 5.12. The van der Waals surface area contributed by atoms with Gasteiger partial charge in [0.1, 0.15) is 0 Å². The molecule has 5 heteroatoms. The van der Waals surface area contributed by atoms with E-state index in [1.807, 2.05) is 0 Å². The van der Waals surface area contributed by atoms with E-state index in [-0.39, 0.29) is 23.9 Å². The average molecular weight is 417 g/mol. The monoisotopic (exact) mass is 416 g/mol. The highest BCUT2D eigenvalue weighted by molar-refractivity contribution is 6.74. The lowest BCUT2D eigenvalue weighted by Gasteiger charge is -2.36. The van der Waals surface area contributed by atoms with Gasteiger partial charge in [0.2, 0.25) is 0 Å². The van der Waals surface area contributed by atoms with Gasteiger partial charge in [-0.15, -0.1) is 0 Å². The van der Waals surface area contributed by atoms with Crippen molar-refractivity contribution in [2.24, 2.45) is 17.8 Å². The van der Waals surface area contributed by atoms with E-state index in [0.29, 0.717) is 17.8 Å². The molecular weight excluding hydrogens is 368 g/mol. The number of unbranched alkanes of at least 4 members (excludes halogenated alkanes) is 2. The van der Waals surface area contributed by atoms with Crippen LogP contribution in [0.4, 0.5) is 0 Å². The molecule has 0 bridgehead atoms. The van der Waals surface area contributed by atoms with Crippen LogP contribution >= 0.6 is 0 Å². The zero-order valence-corrected chi connectivity index (χ0v) is 20.4. The minimum Gasteiger partial charge on any atom is -0.417 e. The first-order valence-corrected chi connectivity index (χ1v) is 14.5. The molecule has 1 rings (SSSR count). The molecule has 0 amide bonds. The number of hydrogen-bond acceptors (Lipinski definition) is 4. The Morgan fingerprint density at radius 2 is 1.68 bits per heavy atom. The molecule has 0 radical (unpaired) electrons. The zero-order valence-electron chi connectivity index (χ0n) is 19.4. The normalized spacial score (nSPS) is 27.3. The van der Waals surface area contributed by atoms with E-state index in [2.05, 4.69) is 40.8 Å². The summed E-state index contributed by atoms with van der Waals surface area (Å²) in [4.78, 5) is 0. The summed E-state index contributed by atoms with van der Waals surface area (Å²) in [6.45, 7) is 14.7. The van der Waals surface area contributed by atoms with Crippen LogP contribution in [0, 0.1) is 17.8 Å². The van der Waals surface area contributed by atoms with Crippen LogP contribution in [-0.2, 0) is 4.43 Å². The summed E-state index contributed by atoms with van der Waals surface area (Å²) in [5, 5.41) is 30.1. The third-order valence-corrected chi connectivity index (χ3v) is 11.9. The summed E-state index contributed by atoms with van der Waals surface area (Å²) in [7, 11) is -1.63. The lowest BCUT2D eigenvalue weighted by Crippen LogP contribution is -2.40. The molecule has 1 aliphatic rings. The molecular formula is C23H48O4Si. The predicted molar refractivity (Wildman–Crippen MR) is 120 cm³/mol. The van der Waals surface area contributed by atoms with Gasteiger partial charge in [-0.05, 0) is 80.8 Å². The fourth-order valence-electron chi connectivity index (χ4n) is 4.40. The van der Waals surface area contributed by atoms with Crippen LogP contribution in [0.25, 0.3) is 0 Å². The minimum atomic E-state index is -1.63. The van der Waals surface area contributed by atoms with Crippen LogP contribution in [-0.4, -0.2) is 49.1 Å². The van der Waals surface area contributed by atoms with Crippen molar-refractivity contribution in [3.63, 3.8) is 0 Å². The van der Waals surface area contributed by atoms with Crippen LogP contribution in [0.2, 0.25) is 18.1 Å². The molecule has 0 spiro atoms. The first-order valence-electron chi connectivity index (χ1n) is 11.6. The van der Waals surface area contributed by atoms with E-state index in [9.17, 15) is 10.2 Å². The molecule has 28 heavy (non-hydrogen) atoms. The average Bonchev–Trinajstić information content (AvgIpc) is 2.86. The molecule has 1 saturated carbocycles. The van der Waals surface area contributed by atoms with Crippen molar-refractivity contribution in [2.45, 2.75) is 116 Å². The van der Waals surface area contributed by atoms with Gasteiger partial charge in [0.25, 0.3) is 0 Å². The van der Waals surface area contributed by atoms with Crippen LogP contribution in [0.5, 0.6) is 0 Å². The van der Waals surface area contributed by atoms with Crippen molar-refractivity contribution in [1.29, 1.82) is 0 Å². The molecule has 0 aromatic rings. The van der Waals surface area contributed by atoms with E-state index in [1.54, 1.807) is 0 Å². The molecule has 0 aromatic heterocycles. The van der Waals surface area contributed by atoms with Gasteiger partial charge in [-0.3, -0.25) is 0 Å². The molecule has 2 unspecified atom stereocenters. The lowest BCUT2D eigenvalue weighted by atomic mass is 9.82. The van der Waals surface area contributed by atoms with E-state index in [0.717, 1.165) is 64.4 Å². The second kappa shape index (κ2) is 12.0. The van der Waals surface area contributed by atoms with E-state index in [1.165, 1.54) is 0 Å². The van der Waals surface area contributed by atoms with Crippen molar-refractivity contribution in [2.75, 3.05) is 13.2 Å². The highest BCUT2D eigenvalue weighted by Crippen LogP contribution is 2.42. The second-order valence-electron chi connectivity index (χ2n) is 10.7. The molecule has 1 aliphatic carbocycles. The van der Waals surface area contributed by atoms with Crippen LogP contribution < -0.4 is 0 Å². The highest BCUT2D eigenvalue weighted by Gasteiger charge is 2.39. The molecule has 0 heterocycles. The summed E-state index contributed by atoms with van der Waals surface area (Å²) in [5.41, 5.74) is 0. The third-order valence-electron chi connectivity index (χ3n) is 7.37. The lowest BCUT2D eigenvalue weighted by molar-refractivity contribution is 0.0924. The number of aliphatic hydroxyl groups is 3. The number of hydrogen-bond donors (Lipinski definition) is 3. The fraction of sp³-hybridized carbons (Fsp3) is 1.00. The van der Waals surface area contributed by atoms with Gasteiger partial charge in [0.15, 0.2) is 8.32 Å². The Bertz CT molecular complexity index is 421. The molecule has 0 saturated heterocycles. The van der Waals surface area contributed by atoms with Crippen molar-refractivity contribution in [1.82, 2.24) is 0 Å². The van der Waals surface area contributed by atoms with Crippen molar-refractivity contribution in [3.05, 3.63) is 0 Å². The van der Waals surface area contributed by atoms with Gasteiger partial charge in [-0.25, -0.2) is 0 Å². The van der Waals surface area contributed by atoms with E-state index < -0.39 is 8.32 Å². The van der Waals surface area contributed by atoms with Crippen LogP contribution in [0.1, 0.15) is 85.5 Å². The fourth-order valence-corrected chi connectivity index (χ4v) is 5.49. The smallest absolute Gasteiger partial charge is 0.191 e. The SMILES string of the molecule is C[C@@H]1C[C@H](O)[C@H](CCCO)C1CCC(O)CCCCCO[Si](C)(C)C(C)(C)C. The summed E-state index contributed by atoms with van der Waals surface area (Å²) >= 11 is 0. The van der Waals surface area contributed by atoms with Crippen LogP contribution in [0.15, 0.2) is 0 Å². The Hall–Kier alpha value is 0.0569. The summed E-state index contributed by atoms with van der Waals surface area (Å²) in [6.07, 6.45) is 8.00. The Kier molecular flexibility index (Phi) is 11.2. The van der Waals surface area contributed by atoms with E-state index in [4.69, 9.17) is 9.53 Å². The molecule has 5 atom stereocenters. The van der Waals surface area contributed by atoms with Gasteiger partial charge < -0.3 is 19.7 Å². The largest absolute Gasteiger partial charge is 0.417 e. The number of aliphatic hydroxyl groups excluding tert-OH is 3. The Morgan fingerprint density at radius 1 is 1.00 bits per heavy atom. The van der Waals surface area contributed by atoms with Gasteiger partial charge in [-0.2, -0.15) is 0 Å². The first-order chi connectivity index (χ1) is 13.0. The molecule has 0 aliphatic heterocycles.